The summed E-state index contributed by atoms with van der Waals surface area (Å²) in [4.78, 5) is 1.23. The standard InChI is InChI=1S/C15H19NO2S/c1-4-16-15(14-9-11(17-2)10-19-14)12-7-5-6-8-13(12)18-3/h5-10,15-16H,4H2,1-3H3. The molecule has 0 saturated heterocycles. The van der Waals surface area contributed by atoms with Crippen molar-refractivity contribution in [3.05, 3.63) is 46.2 Å². The molecule has 0 bridgehead atoms. The lowest BCUT2D eigenvalue weighted by Crippen LogP contribution is -2.21. The van der Waals surface area contributed by atoms with Crippen molar-refractivity contribution in [3.8, 4) is 11.5 Å². The van der Waals surface area contributed by atoms with Gasteiger partial charge in [-0.15, -0.1) is 11.3 Å². The molecule has 3 nitrogen and oxygen atoms in total. The summed E-state index contributed by atoms with van der Waals surface area (Å²) < 4.78 is 10.7. The molecule has 0 aliphatic carbocycles. The number of benzene rings is 1. The summed E-state index contributed by atoms with van der Waals surface area (Å²) >= 11 is 1.69. The van der Waals surface area contributed by atoms with E-state index in [-0.39, 0.29) is 6.04 Å². The van der Waals surface area contributed by atoms with Crippen LogP contribution in [0, 0.1) is 0 Å². The van der Waals surface area contributed by atoms with Gasteiger partial charge in [-0.25, -0.2) is 0 Å². The van der Waals surface area contributed by atoms with Crippen molar-refractivity contribution in [1.82, 2.24) is 5.32 Å². The van der Waals surface area contributed by atoms with E-state index >= 15 is 0 Å². The first kappa shape index (κ1) is 13.9. The van der Waals surface area contributed by atoms with Crippen LogP contribution in [0.2, 0.25) is 0 Å². The largest absolute Gasteiger partial charge is 0.496 e. The number of nitrogens with one attached hydrogen (secondary N) is 1. The summed E-state index contributed by atoms with van der Waals surface area (Å²) in [6.07, 6.45) is 0. The van der Waals surface area contributed by atoms with Gasteiger partial charge in [0, 0.05) is 15.8 Å². The highest BCUT2D eigenvalue weighted by Gasteiger charge is 2.19. The first-order valence-corrected chi connectivity index (χ1v) is 7.16. The number of thiophene rings is 1. The van der Waals surface area contributed by atoms with Gasteiger partial charge < -0.3 is 14.8 Å². The summed E-state index contributed by atoms with van der Waals surface area (Å²) in [5, 5.41) is 5.53. The lowest BCUT2D eigenvalue weighted by molar-refractivity contribution is 0.404. The maximum absolute atomic E-state index is 5.46. The van der Waals surface area contributed by atoms with Crippen LogP contribution in [0.5, 0.6) is 11.5 Å². The molecule has 2 rings (SSSR count). The fourth-order valence-corrected chi connectivity index (χ4v) is 3.01. The van der Waals surface area contributed by atoms with Crippen LogP contribution in [0.4, 0.5) is 0 Å². The average Bonchev–Trinajstić information content (AvgIpc) is 2.93. The van der Waals surface area contributed by atoms with Crippen LogP contribution >= 0.6 is 11.3 Å². The molecule has 102 valence electrons. The molecule has 0 radical (unpaired) electrons. The summed E-state index contributed by atoms with van der Waals surface area (Å²) in [5.41, 5.74) is 1.15. The van der Waals surface area contributed by atoms with Gasteiger partial charge in [0.05, 0.1) is 20.3 Å². The fourth-order valence-electron chi connectivity index (χ4n) is 2.07. The Bertz CT molecular complexity index is 524. The molecule has 1 N–H and O–H groups in total. The minimum absolute atomic E-state index is 0.134. The molecule has 4 heteroatoms. The SMILES string of the molecule is CCNC(c1cc(OC)cs1)c1ccccc1OC. The van der Waals surface area contributed by atoms with Crippen LogP contribution in [0.1, 0.15) is 23.4 Å². The van der Waals surface area contributed by atoms with E-state index in [9.17, 15) is 0 Å². The van der Waals surface area contributed by atoms with Crippen molar-refractivity contribution in [1.29, 1.82) is 0 Å². The van der Waals surface area contributed by atoms with Crippen molar-refractivity contribution in [2.75, 3.05) is 20.8 Å². The van der Waals surface area contributed by atoms with E-state index in [0.717, 1.165) is 23.6 Å². The quantitative estimate of drug-likeness (QED) is 0.877. The molecule has 0 aliphatic rings. The second kappa shape index (κ2) is 6.59. The first-order chi connectivity index (χ1) is 9.30. The van der Waals surface area contributed by atoms with Gasteiger partial charge in [-0.3, -0.25) is 0 Å². The summed E-state index contributed by atoms with van der Waals surface area (Å²) in [5.74, 6) is 1.80. The zero-order valence-corrected chi connectivity index (χ0v) is 12.3. The van der Waals surface area contributed by atoms with E-state index in [1.165, 1.54) is 4.88 Å². The highest BCUT2D eigenvalue weighted by atomic mass is 32.1. The van der Waals surface area contributed by atoms with Crippen molar-refractivity contribution < 1.29 is 9.47 Å². The first-order valence-electron chi connectivity index (χ1n) is 6.28. The maximum atomic E-state index is 5.46. The molecular formula is C15H19NO2S. The highest BCUT2D eigenvalue weighted by molar-refractivity contribution is 7.10. The Hall–Kier alpha value is -1.52. The molecule has 1 atom stereocenters. The number of rotatable bonds is 6. The van der Waals surface area contributed by atoms with Crippen LogP contribution in [-0.4, -0.2) is 20.8 Å². The van der Waals surface area contributed by atoms with E-state index in [1.807, 2.05) is 23.6 Å². The van der Waals surface area contributed by atoms with Crippen molar-refractivity contribution in [2.45, 2.75) is 13.0 Å². The number of hydrogen-bond donors (Lipinski definition) is 1. The van der Waals surface area contributed by atoms with E-state index in [2.05, 4.69) is 24.4 Å². The molecule has 0 spiro atoms. The lowest BCUT2D eigenvalue weighted by Gasteiger charge is -2.19. The van der Waals surface area contributed by atoms with E-state index in [1.54, 1.807) is 25.6 Å². The number of methoxy groups -OCH3 is 2. The Morgan fingerprint density at radius 3 is 2.63 bits per heavy atom. The number of para-hydroxylation sites is 1. The highest BCUT2D eigenvalue weighted by Crippen LogP contribution is 2.34. The molecule has 1 aromatic carbocycles. The zero-order chi connectivity index (χ0) is 13.7. The maximum Gasteiger partial charge on any atom is 0.129 e. The molecule has 1 aromatic heterocycles. The second-order valence-corrected chi connectivity index (χ2v) is 5.06. The van der Waals surface area contributed by atoms with Gasteiger partial charge in [-0.05, 0) is 18.7 Å². The predicted octanol–water partition coefficient (Wildman–Crippen LogP) is 3.46. The predicted molar refractivity (Wildman–Crippen MR) is 79.4 cm³/mol. The van der Waals surface area contributed by atoms with Crippen LogP contribution < -0.4 is 14.8 Å². The Morgan fingerprint density at radius 2 is 2.00 bits per heavy atom. The van der Waals surface area contributed by atoms with Gasteiger partial charge in [0.2, 0.25) is 0 Å². The third kappa shape index (κ3) is 3.08. The Morgan fingerprint density at radius 1 is 1.21 bits per heavy atom. The van der Waals surface area contributed by atoms with Crippen molar-refractivity contribution >= 4 is 11.3 Å². The van der Waals surface area contributed by atoms with Gasteiger partial charge in [0.25, 0.3) is 0 Å². The third-order valence-corrected chi connectivity index (χ3v) is 3.95. The van der Waals surface area contributed by atoms with E-state index < -0.39 is 0 Å². The Kier molecular flexibility index (Phi) is 4.82. The minimum atomic E-state index is 0.134. The summed E-state index contributed by atoms with van der Waals surface area (Å²) in [7, 11) is 3.40. The van der Waals surface area contributed by atoms with E-state index in [0.29, 0.717) is 0 Å². The fraction of sp³-hybridized carbons (Fsp3) is 0.333. The smallest absolute Gasteiger partial charge is 0.129 e. The van der Waals surface area contributed by atoms with Crippen molar-refractivity contribution in [3.63, 3.8) is 0 Å². The summed E-state index contributed by atoms with van der Waals surface area (Å²) in [6.45, 7) is 3.00. The normalized spacial score (nSPS) is 12.2. The van der Waals surface area contributed by atoms with Gasteiger partial charge in [0.15, 0.2) is 0 Å². The molecule has 2 aromatic rings. The van der Waals surface area contributed by atoms with Gasteiger partial charge in [-0.1, -0.05) is 25.1 Å². The lowest BCUT2D eigenvalue weighted by atomic mass is 10.0. The average molecular weight is 277 g/mol. The molecule has 0 amide bonds. The molecule has 0 aliphatic heterocycles. The number of ether oxygens (including phenoxy) is 2. The van der Waals surface area contributed by atoms with Crippen LogP contribution in [0.3, 0.4) is 0 Å². The van der Waals surface area contributed by atoms with Gasteiger partial charge in [0.1, 0.15) is 11.5 Å². The van der Waals surface area contributed by atoms with Crippen LogP contribution in [0.25, 0.3) is 0 Å². The van der Waals surface area contributed by atoms with Crippen LogP contribution in [0.15, 0.2) is 35.7 Å². The molecule has 0 fully saturated rings. The number of hydrogen-bond acceptors (Lipinski definition) is 4. The minimum Gasteiger partial charge on any atom is -0.496 e. The molecule has 19 heavy (non-hydrogen) atoms. The van der Waals surface area contributed by atoms with Gasteiger partial charge in [-0.2, -0.15) is 0 Å². The Labute approximate surface area is 118 Å². The van der Waals surface area contributed by atoms with Crippen molar-refractivity contribution in [2.24, 2.45) is 0 Å². The van der Waals surface area contributed by atoms with E-state index in [4.69, 9.17) is 9.47 Å². The molecule has 1 heterocycles. The molecular weight excluding hydrogens is 258 g/mol. The van der Waals surface area contributed by atoms with Crippen LogP contribution in [-0.2, 0) is 0 Å². The molecule has 0 saturated carbocycles. The monoisotopic (exact) mass is 277 g/mol. The topological polar surface area (TPSA) is 30.5 Å². The Balaban J connectivity index is 2.38. The third-order valence-electron chi connectivity index (χ3n) is 2.97. The molecule has 1 unspecified atom stereocenters. The van der Waals surface area contributed by atoms with Gasteiger partial charge >= 0.3 is 0 Å². The second-order valence-electron chi connectivity index (χ2n) is 4.12. The summed E-state index contributed by atoms with van der Waals surface area (Å²) in [6, 6.07) is 10.3. The zero-order valence-electron chi connectivity index (χ0n) is 11.5.